The standard InChI is InChI=1S/C11H11NO2S/c1-15(13,14)11-7-3-2-6-10(11)12-8-4-5-9-12/h2-9H,1H3. The van der Waals surface area contributed by atoms with E-state index in [1.807, 2.05) is 30.6 Å². The third-order valence-corrected chi connectivity index (χ3v) is 3.29. The van der Waals surface area contributed by atoms with Crippen LogP contribution in [0.25, 0.3) is 5.69 Å². The van der Waals surface area contributed by atoms with Crippen molar-refractivity contribution in [1.82, 2.24) is 4.57 Å². The molecule has 0 unspecified atom stereocenters. The highest BCUT2D eigenvalue weighted by molar-refractivity contribution is 7.90. The van der Waals surface area contributed by atoms with Crippen LogP contribution in [0.5, 0.6) is 0 Å². The first kappa shape index (κ1) is 9.98. The average Bonchev–Trinajstić information content (AvgIpc) is 2.69. The molecule has 0 N–H and O–H groups in total. The monoisotopic (exact) mass is 221 g/mol. The molecule has 15 heavy (non-hydrogen) atoms. The summed E-state index contributed by atoms with van der Waals surface area (Å²) < 4.78 is 24.9. The first-order valence-corrected chi connectivity index (χ1v) is 6.40. The lowest BCUT2D eigenvalue weighted by atomic mass is 10.3. The SMILES string of the molecule is CS(=O)(=O)c1ccccc1-n1cccc1. The smallest absolute Gasteiger partial charge is 0.177 e. The van der Waals surface area contributed by atoms with Crippen molar-refractivity contribution in [1.29, 1.82) is 0 Å². The van der Waals surface area contributed by atoms with Gasteiger partial charge in [0.1, 0.15) is 0 Å². The largest absolute Gasteiger partial charge is 0.323 e. The van der Waals surface area contributed by atoms with Crippen molar-refractivity contribution >= 4 is 9.84 Å². The molecule has 2 aromatic rings. The lowest BCUT2D eigenvalue weighted by molar-refractivity contribution is 0.601. The van der Waals surface area contributed by atoms with Crippen LogP contribution in [-0.2, 0) is 9.84 Å². The van der Waals surface area contributed by atoms with Crippen LogP contribution >= 0.6 is 0 Å². The normalized spacial score (nSPS) is 11.5. The van der Waals surface area contributed by atoms with Gasteiger partial charge in [-0.2, -0.15) is 0 Å². The quantitative estimate of drug-likeness (QED) is 0.776. The number of sulfone groups is 1. The summed E-state index contributed by atoms with van der Waals surface area (Å²) in [5.41, 5.74) is 0.685. The van der Waals surface area contributed by atoms with Crippen LogP contribution in [0, 0.1) is 0 Å². The summed E-state index contributed by atoms with van der Waals surface area (Å²) in [7, 11) is -3.18. The molecule has 0 radical (unpaired) electrons. The summed E-state index contributed by atoms with van der Waals surface area (Å²) in [4.78, 5) is 0.348. The van der Waals surface area contributed by atoms with Crippen LogP contribution in [0.2, 0.25) is 0 Å². The van der Waals surface area contributed by atoms with Gasteiger partial charge in [0.2, 0.25) is 0 Å². The van der Waals surface area contributed by atoms with Gasteiger partial charge in [-0.15, -0.1) is 0 Å². The van der Waals surface area contributed by atoms with Crippen molar-refractivity contribution in [2.45, 2.75) is 4.90 Å². The van der Waals surface area contributed by atoms with E-state index in [4.69, 9.17) is 0 Å². The Kier molecular flexibility index (Phi) is 2.36. The van der Waals surface area contributed by atoms with Crippen LogP contribution in [0.4, 0.5) is 0 Å². The van der Waals surface area contributed by atoms with Crippen LogP contribution < -0.4 is 0 Å². The fraction of sp³-hybridized carbons (Fsp3) is 0.0909. The molecule has 0 aliphatic heterocycles. The molecule has 4 heteroatoms. The molecule has 0 saturated heterocycles. The van der Waals surface area contributed by atoms with E-state index in [0.29, 0.717) is 10.6 Å². The third kappa shape index (κ3) is 1.94. The second kappa shape index (κ2) is 3.55. The molecule has 1 heterocycles. The summed E-state index contributed by atoms with van der Waals surface area (Å²) in [6.07, 6.45) is 4.86. The summed E-state index contributed by atoms with van der Waals surface area (Å²) >= 11 is 0. The molecule has 78 valence electrons. The number of hydrogen-bond donors (Lipinski definition) is 0. The summed E-state index contributed by atoms with van der Waals surface area (Å²) in [6, 6.07) is 10.7. The first-order valence-electron chi connectivity index (χ1n) is 4.51. The van der Waals surface area contributed by atoms with E-state index in [9.17, 15) is 8.42 Å². The molecule has 0 saturated carbocycles. The lowest BCUT2D eigenvalue weighted by Gasteiger charge is -2.08. The fourth-order valence-electron chi connectivity index (χ4n) is 1.48. The Morgan fingerprint density at radius 2 is 1.60 bits per heavy atom. The first-order chi connectivity index (χ1) is 7.09. The zero-order chi connectivity index (χ0) is 10.9. The third-order valence-electron chi connectivity index (χ3n) is 2.15. The van der Waals surface area contributed by atoms with Crippen LogP contribution in [0.1, 0.15) is 0 Å². The Balaban J connectivity index is 2.68. The number of rotatable bonds is 2. The maximum absolute atomic E-state index is 11.5. The van der Waals surface area contributed by atoms with E-state index < -0.39 is 9.84 Å². The minimum Gasteiger partial charge on any atom is -0.323 e. The van der Waals surface area contributed by atoms with Crippen LogP contribution in [-0.4, -0.2) is 19.2 Å². The second-order valence-electron chi connectivity index (χ2n) is 3.33. The van der Waals surface area contributed by atoms with Crippen molar-refractivity contribution in [3.63, 3.8) is 0 Å². The van der Waals surface area contributed by atoms with Gasteiger partial charge >= 0.3 is 0 Å². The molecule has 1 aromatic heterocycles. The van der Waals surface area contributed by atoms with Crippen LogP contribution in [0.15, 0.2) is 53.7 Å². The Morgan fingerprint density at radius 1 is 1.00 bits per heavy atom. The highest BCUT2D eigenvalue weighted by Gasteiger charge is 2.12. The second-order valence-corrected chi connectivity index (χ2v) is 5.31. The van der Waals surface area contributed by atoms with Gasteiger partial charge < -0.3 is 4.57 Å². The summed E-state index contributed by atoms with van der Waals surface area (Å²) in [6.45, 7) is 0. The molecule has 0 fully saturated rings. The topological polar surface area (TPSA) is 39.1 Å². The van der Waals surface area contributed by atoms with E-state index in [0.717, 1.165) is 0 Å². The molecule has 1 aromatic carbocycles. The Morgan fingerprint density at radius 3 is 2.20 bits per heavy atom. The maximum atomic E-state index is 11.5. The minimum atomic E-state index is -3.18. The zero-order valence-electron chi connectivity index (χ0n) is 8.29. The van der Waals surface area contributed by atoms with Gasteiger partial charge in [0.05, 0.1) is 10.6 Å². The van der Waals surface area contributed by atoms with E-state index >= 15 is 0 Å². The number of hydrogen-bond acceptors (Lipinski definition) is 2. The lowest BCUT2D eigenvalue weighted by Crippen LogP contribution is -2.03. The van der Waals surface area contributed by atoms with Gasteiger partial charge in [-0.05, 0) is 24.3 Å². The Hall–Kier alpha value is -1.55. The molecule has 0 spiro atoms. The van der Waals surface area contributed by atoms with Crippen molar-refractivity contribution in [3.8, 4) is 5.69 Å². The van der Waals surface area contributed by atoms with Gasteiger partial charge in [-0.3, -0.25) is 0 Å². The molecular weight excluding hydrogens is 210 g/mol. The number of benzene rings is 1. The minimum absolute atomic E-state index is 0.348. The van der Waals surface area contributed by atoms with Gasteiger partial charge in [-0.25, -0.2) is 8.42 Å². The van der Waals surface area contributed by atoms with E-state index in [-0.39, 0.29) is 0 Å². The van der Waals surface area contributed by atoms with Crippen LogP contribution in [0.3, 0.4) is 0 Å². The fourth-order valence-corrected chi connectivity index (χ4v) is 2.36. The number of para-hydroxylation sites is 1. The van der Waals surface area contributed by atoms with Crippen molar-refractivity contribution in [3.05, 3.63) is 48.8 Å². The average molecular weight is 221 g/mol. The molecular formula is C11H11NO2S. The molecule has 0 aliphatic carbocycles. The molecule has 0 amide bonds. The number of aromatic nitrogens is 1. The van der Waals surface area contributed by atoms with E-state index in [1.165, 1.54) is 6.26 Å². The van der Waals surface area contributed by atoms with Gasteiger partial charge in [0, 0.05) is 18.6 Å². The van der Waals surface area contributed by atoms with Gasteiger partial charge in [0.25, 0.3) is 0 Å². The molecule has 0 atom stereocenters. The van der Waals surface area contributed by atoms with E-state index in [2.05, 4.69) is 0 Å². The van der Waals surface area contributed by atoms with E-state index in [1.54, 1.807) is 22.8 Å². The van der Waals surface area contributed by atoms with Gasteiger partial charge in [0.15, 0.2) is 9.84 Å². The zero-order valence-corrected chi connectivity index (χ0v) is 9.11. The molecule has 2 rings (SSSR count). The molecule has 0 aliphatic rings. The van der Waals surface area contributed by atoms with Crippen molar-refractivity contribution in [2.24, 2.45) is 0 Å². The van der Waals surface area contributed by atoms with Crippen molar-refractivity contribution < 1.29 is 8.42 Å². The number of nitrogens with zero attached hydrogens (tertiary/aromatic N) is 1. The molecule has 3 nitrogen and oxygen atoms in total. The maximum Gasteiger partial charge on any atom is 0.177 e. The summed E-state index contributed by atoms with van der Waals surface area (Å²) in [5.74, 6) is 0. The predicted octanol–water partition coefficient (Wildman–Crippen LogP) is 1.88. The molecule has 0 bridgehead atoms. The van der Waals surface area contributed by atoms with Crippen molar-refractivity contribution in [2.75, 3.05) is 6.26 Å². The predicted molar refractivity (Wildman–Crippen MR) is 58.9 cm³/mol. The Bertz CT molecular complexity index is 556. The van der Waals surface area contributed by atoms with Gasteiger partial charge in [-0.1, -0.05) is 12.1 Å². The summed E-state index contributed by atoms with van der Waals surface area (Å²) in [5, 5.41) is 0. The highest BCUT2D eigenvalue weighted by atomic mass is 32.2. The highest BCUT2D eigenvalue weighted by Crippen LogP contribution is 2.19. The Labute approximate surface area is 88.9 Å².